The lowest BCUT2D eigenvalue weighted by molar-refractivity contribution is -0.870. The Bertz CT molecular complexity index is 1660. The molecule has 0 bridgehead atoms. The van der Waals surface area contributed by atoms with Crippen molar-refractivity contribution in [2.24, 2.45) is 0 Å². The summed E-state index contributed by atoms with van der Waals surface area (Å²) in [5.74, 6) is -0.208. The molecule has 3 atom stereocenters. The van der Waals surface area contributed by atoms with Gasteiger partial charge in [0.1, 0.15) is 13.2 Å². The summed E-state index contributed by atoms with van der Waals surface area (Å²) in [5, 5.41) is 13.9. The van der Waals surface area contributed by atoms with Crippen LogP contribution in [0.25, 0.3) is 0 Å². The fourth-order valence-electron chi connectivity index (χ4n) is 9.92. The minimum absolute atomic E-state index is 0.0103. The number of unbranched alkanes of at least 4 members (excludes halogenated alkanes) is 36. The molecule has 8 nitrogen and oxygen atoms in total. The number of aliphatic hydroxyl groups is 1. The van der Waals surface area contributed by atoms with E-state index in [4.69, 9.17) is 9.05 Å². The van der Waals surface area contributed by atoms with Crippen molar-refractivity contribution < 1.29 is 32.9 Å². The van der Waals surface area contributed by atoms with Crippen LogP contribution in [0.15, 0.2) is 97.2 Å². The highest BCUT2D eigenvalue weighted by atomic mass is 31.2. The number of aliphatic hydroxyl groups excluding tert-OH is 1. The van der Waals surface area contributed by atoms with E-state index in [0.717, 1.165) is 77.0 Å². The average Bonchev–Trinajstić information content (AvgIpc) is 3.46. The predicted molar refractivity (Wildman–Crippen MR) is 357 cm³/mol. The molecule has 82 heavy (non-hydrogen) atoms. The zero-order chi connectivity index (χ0) is 59.8. The second kappa shape index (κ2) is 62.9. The zero-order valence-corrected chi connectivity index (χ0v) is 55.3. The normalized spacial score (nSPS) is 14.3. The molecule has 0 saturated carbocycles. The number of hydrogen-bond donors (Lipinski definition) is 2. The molecule has 0 aromatic carbocycles. The summed E-state index contributed by atoms with van der Waals surface area (Å²) in [5.41, 5.74) is 0. The van der Waals surface area contributed by atoms with Gasteiger partial charge < -0.3 is 28.8 Å². The van der Waals surface area contributed by atoms with E-state index in [2.05, 4.69) is 104 Å². The molecule has 0 aliphatic heterocycles. The number of hydrogen-bond acceptors (Lipinski definition) is 6. The van der Waals surface area contributed by atoms with Crippen molar-refractivity contribution in [2.75, 3.05) is 40.9 Å². The Morgan fingerprint density at radius 3 is 1.13 bits per heavy atom. The monoisotopic (exact) mass is 1160 g/mol. The summed E-state index contributed by atoms with van der Waals surface area (Å²) in [6.07, 6.45) is 91.1. The second-order valence-corrected chi connectivity index (χ2v) is 25.9. The average molecular weight is 1170 g/mol. The third kappa shape index (κ3) is 65.0. The van der Waals surface area contributed by atoms with Gasteiger partial charge in [-0.05, 0) is 89.9 Å². The van der Waals surface area contributed by atoms with Gasteiger partial charge in [0.05, 0.1) is 39.9 Å². The van der Waals surface area contributed by atoms with E-state index in [1.165, 1.54) is 212 Å². The van der Waals surface area contributed by atoms with Crippen molar-refractivity contribution in [1.29, 1.82) is 0 Å². The lowest BCUT2D eigenvalue weighted by Crippen LogP contribution is -2.45. The summed E-state index contributed by atoms with van der Waals surface area (Å²) in [4.78, 5) is 25.6. The van der Waals surface area contributed by atoms with Crippen molar-refractivity contribution in [3.8, 4) is 0 Å². The van der Waals surface area contributed by atoms with E-state index >= 15 is 0 Å². The Balaban J connectivity index is 4.02. The van der Waals surface area contributed by atoms with Gasteiger partial charge in [-0.1, -0.05) is 310 Å². The molecule has 476 valence electrons. The van der Waals surface area contributed by atoms with Crippen LogP contribution in [0, 0.1) is 0 Å². The first-order valence-corrected chi connectivity index (χ1v) is 36.1. The minimum atomic E-state index is -4.62. The summed E-state index contributed by atoms with van der Waals surface area (Å²) in [7, 11) is 1.24. The van der Waals surface area contributed by atoms with E-state index in [1.54, 1.807) is 6.08 Å². The first-order chi connectivity index (χ1) is 40.0. The van der Waals surface area contributed by atoms with Gasteiger partial charge in [-0.25, -0.2) is 0 Å². The summed E-state index contributed by atoms with van der Waals surface area (Å²) in [6, 6.07) is -0.913. The van der Waals surface area contributed by atoms with Crippen LogP contribution in [0.4, 0.5) is 0 Å². The molecule has 0 aliphatic rings. The predicted octanol–water partition coefficient (Wildman–Crippen LogP) is 21.5. The minimum Gasteiger partial charge on any atom is -0.756 e. The van der Waals surface area contributed by atoms with E-state index in [1.807, 2.05) is 27.2 Å². The number of allylic oxidation sites excluding steroid dienone is 15. The summed E-state index contributed by atoms with van der Waals surface area (Å²) in [6.45, 7) is 4.53. The van der Waals surface area contributed by atoms with Crippen LogP contribution in [-0.2, 0) is 18.4 Å². The van der Waals surface area contributed by atoms with E-state index in [9.17, 15) is 19.4 Å². The number of rotatable bonds is 63. The first kappa shape index (κ1) is 79.4. The molecular weight excluding hydrogens is 1030 g/mol. The van der Waals surface area contributed by atoms with Crippen LogP contribution in [0.5, 0.6) is 0 Å². The van der Waals surface area contributed by atoms with Crippen molar-refractivity contribution in [2.45, 2.75) is 321 Å². The maximum Gasteiger partial charge on any atom is 0.268 e. The van der Waals surface area contributed by atoms with Crippen LogP contribution in [0.2, 0.25) is 0 Å². The molecule has 0 saturated heterocycles. The van der Waals surface area contributed by atoms with E-state index in [0.29, 0.717) is 17.4 Å². The Labute approximate surface area is 509 Å². The van der Waals surface area contributed by atoms with Gasteiger partial charge in [0, 0.05) is 6.42 Å². The van der Waals surface area contributed by atoms with Gasteiger partial charge in [-0.15, -0.1) is 0 Å². The lowest BCUT2D eigenvalue weighted by Gasteiger charge is -2.29. The number of likely N-dealkylation sites (N-methyl/N-ethyl adjacent to an activating group) is 1. The third-order valence-electron chi connectivity index (χ3n) is 15.3. The van der Waals surface area contributed by atoms with Gasteiger partial charge in [0.15, 0.2) is 0 Å². The van der Waals surface area contributed by atoms with Crippen molar-refractivity contribution in [3.63, 3.8) is 0 Å². The van der Waals surface area contributed by atoms with Crippen LogP contribution in [0.1, 0.15) is 309 Å². The molecular formula is C73H133N2O6P. The lowest BCUT2D eigenvalue weighted by atomic mass is 10.0. The van der Waals surface area contributed by atoms with E-state index < -0.39 is 26.6 Å². The van der Waals surface area contributed by atoms with Gasteiger partial charge >= 0.3 is 0 Å². The number of phosphoric ester groups is 1. The zero-order valence-electron chi connectivity index (χ0n) is 54.4. The maximum absolute atomic E-state index is 13.0. The Kier molecular flexibility index (Phi) is 61.0. The quantitative estimate of drug-likeness (QED) is 0.0272. The summed E-state index contributed by atoms with van der Waals surface area (Å²) < 4.78 is 23.4. The number of phosphoric acid groups is 1. The number of nitrogens with zero attached hydrogens (tertiary/aromatic N) is 1. The van der Waals surface area contributed by atoms with Gasteiger partial charge in [-0.3, -0.25) is 9.36 Å². The Morgan fingerprint density at radius 1 is 0.439 bits per heavy atom. The molecule has 0 aliphatic carbocycles. The SMILES string of the molecule is CC/C=C\C/C=C\C/C=C\C/C=C\C/C=C\CCCCCCCCCCCCCCCCCCCCCCCCCC(=O)NC(COP(=O)([O-])OCC[N+](C)(C)C)C(O)/C=C/CC/C=C/CC/C=C/CCCCCCCCCCCCC. The number of carbonyl (C=O) groups excluding carboxylic acids is 1. The van der Waals surface area contributed by atoms with Crippen molar-refractivity contribution in [3.05, 3.63) is 97.2 Å². The van der Waals surface area contributed by atoms with Crippen LogP contribution >= 0.6 is 7.82 Å². The molecule has 0 fully saturated rings. The molecule has 0 aromatic rings. The van der Waals surface area contributed by atoms with Gasteiger partial charge in [0.2, 0.25) is 5.91 Å². The largest absolute Gasteiger partial charge is 0.756 e. The fourth-order valence-corrected chi connectivity index (χ4v) is 10.6. The molecule has 9 heteroatoms. The maximum atomic E-state index is 13.0. The fraction of sp³-hybridized carbons (Fsp3) is 0.767. The Hall–Kier alpha value is -2.58. The van der Waals surface area contributed by atoms with Crippen LogP contribution in [0.3, 0.4) is 0 Å². The second-order valence-electron chi connectivity index (χ2n) is 24.5. The first-order valence-electron chi connectivity index (χ1n) is 34.6. The highest BCUT2D eigenvalue weighted by Gasteiger charge is 2.23. The smallest absolute Gasteiger partial charge is 0.268 e. The molecule has 0 rings (SSSR count). The van der Waals surface area contributed by atoms with Gasteiger partial charge in [0.25, 0.3) is 7.82 Å². The highest BCUT2D eigenvalue weighted by Crippen LogP contribution is 2.38. The topological polar surface area (TPSA) is 108 Å². The van der Waals surface area contributed by atoms with Crippen LogP contribution in [-0.4, -0.2) is 68.5 Å². The molecule has 0 aromatic heterocycles. The Morgan fingerprint density at radius 2 is 0.756 bits per heavy atom. The third-order valence-corrected chi connectivity index (χ3v) is 16.2. The molecule has 2 N–H and O–H groups in total. The van der Waals surface area contributed by atoms with Crippen LogP contribution < -0.4 is 10.2 Å². The van der Waals surface area contributed by atoms with Crippen molar-refractivity contribution >= 4 is 13.7 Å². The highest BCUT2D eigenvalue weighted by molar-refractivity contribution is 7.45. The molecule has 0 heterocycles. The number of amides is 1. The van der Waals surface area contributed by atoms with E-state index in [-0.39, 0.29) is 12.5 Å². The molecule has 3 unspecified atom stereocenters. The molecule has 0 radical (unpaired) electrons. The van der Waals surface area contributed by atoms with Crippen molar-refractivity contribution in [1.82, 2.24) is 5.32 Å². The number of carbonyl (C=O) groups is 1. The number of quaternary nitrogens is 1. The summed E-state index contributed by atoms with van der Waals surface area (Å²) >= 11 is 0. The molecule has 0 spiro atoms. The number of nitrogens with one attached hydrogen (secondary N) is 1. The standard InChI is InChI=1S/C73H133N2O6P/c1-6-8-10-12-14-16-18-20-22-24-26-28-29-30-31-32-33-34-35-36-37-38-39-40-41-42-43-44-45-47-49-51-53-55-57-59-61-63-65-67-73(77)74-71(70-81-82(78,79)80-69-68-75(3,4)5)72(76)66-64-62-60-58-56-54-52-50-48-46-27-25-23-21-19-17-15-13-11-9-7-2/h8,10,14,16,20,22,26,28,30-31,48,50,56,58,64,66,71-72,76H,6-7,9,11-13,15,17-19,21,23-25,27,29,32-47,49,51-55,57,59-63,65,67-70H2,1-5H3,(H-,74,77,78,79)/b10-8-,16-14-,22-20-,28-26-,31-30-,50-48+,58-56+,66-64+. The molecule has 1 amide bonds. The van der Waals surface area contributed by atoms with Gasteiger partial charge in [-0.2, -0.15) is 0 Å².